The lowest BCUT2D eigenvalue weighted by Gasteiger charge is -2.13. The van der Waals surface area contributed by atoms with Crippen molar-refractivity contribution in [2.45, 2.75) is 13.1 Å². The minimum Gasteiger partial charge on any atom is -0.358 e. The number of nitrogens with zero attached hydrogens (tertiary/aromatic N) is 2. The van der Waals surface area contributed by atoms with E-state index < -0.39 is 4.92 Å². The molecule has 8 heteroatoms. The standard InChI is InChI=1S/C17H19ClN4O2S/c1-21(2)11-13-5-3-12(4-6-13)10-19-17(25)20-16-9-14(22(23)24)7-8-15(16)18/h3-9H,10-11H2,1-2H3,(H2,19,20,25). The zero-order valence-corrected chi connectivity index (χ0v) is 15.5. The molecule has 0 heterocycles. The van der Waals surface area contributed by atoms with E-state index in [1.807, 2.05) is 26.2 Å². The van der Waals surface area contributed by atoms with Crippen molar-refractivity contribution in [2.75, 3.05) is 19.4 Å². The molecule has 132 valence electrons. The molecule has 0 fully saturated rings. The summed E-state index contributed by atoms with van der Waals surface area (Å²) in [6.07, 6.45) is 0. The Morgan fingerprint density at radius 1 is 1.20 bits per heavy atom. The summed E-state index contributed by atoms with van der Waals surface area (Å²) in [6, 6.07) is 12.4. The van der Waals surface area contributed by atoms with Gasteiger partial charge in [0.25, 0.3) is 5.69 Å². The van der Waals surface area contributed by atoms with Crippen molar-refractivity contribution in [3.8, 4) is 0 Å². The quantitative estimate of drug-likeness (QED) is 0.452. The van der Waals surface area contributed by atoms with Gasteiger partial charge >= 0.3 is 0 Å². The number of nitrogens with one attached hydrogen (secondary N) is 2. The SMILES string of the molecule is CN(C)Cc1ccc(CNC(=S)Nc2cc([N+](=O)[O-])ccc2Cl)cc1. The molecule has 0 bridgehead atoms. The van der Waals surface area contributed by atoms with Crippen LogP contribution in [0, 0.1) is 10.1 Å². The number of anilines is 1. The van der Waals surface area contributed by atoms with E-state index in [0.29, 0.717) is 22.4 Å². The molecule has 2 aromatic carbocycles. The summed E-state index contributed by atoms with van der Waals surface area (Å²) in [5, 5.41) is 17.5. The molecule has 0 spiro atoms. The van der Waals surface area contributed by atoms with E-state index in [9.17, 15) is 10.1 Å². The topological polar surface area (TPSA) is 70.4 Å². The molecule has 0 amide bonds. The summed E-state index contributed by atoms with van der Waals surface area (Å²) in [5.41, 5.74) is 2.66. The van der Waals surface area contributed by atoms with Crippen LogP contribution in [-0.2, 0) is 13.1 Å². The highest BCUT2D eigenvalue weighted by molar-refractivity contribution is 7.80. The molecule has 25 heavy (non-hydrogen) atoms. The van der Waals surface area contributed by atoms with Gasteiger partial charge in [-0.15, -0.1) is 0 Å². The third-order valence-corrected chi connectivity index (χ3v) is 3.96. The molecule has 6 nitrogen and oxygen atoms in total. The average molecular weight is 379 g/mol. The fourth-order valence-electron chi connectivity index (χ4n) is 2.20. The Bertz CT molecular complexity index is 766. The van der Waals surface area contributed by atoms with Crippen LogP contribution in [0.5, 0.6) is 0 Å². The van der Waals surface area contributed by atoms with E-state index >= 15 is 0 Å². The molecule has 0 saturated heterocycles. The third-order valence-electron chi connectivity index (χ3n) is 3.38. The van der Waals surface area contributed by atoms with E-state index in [-0.39, 0.29) is 5.69 Å². The summed E-state index contributed by atoms with van der Waals surface area (Å²) in [6.45, 7) is 1.43. The number of thiocarbonyl (C=S) groups is 1. The highest BCUT2D eigenvalue weighted by atomic mass is 35.5. The second-order valence-electron chi connectivity index (χ2n) is 5.78. The molecule has 0 aromatic heterocycles. The number of rotatable bonds is 6. The van der Waals surface area contributed by atoms with Gasteiger partial charge in [-0.3, -0.25) is 10.1 Å². The lowest BCUT2D eigenvalue weighted by atomic mass is 10.1. The summed E-state index contributed by atoms with van der Waals surface area (Å²) in [4.78, 5) is 12.5. The van der Waals surface area contributed by atoms with Crippen LogP contribution in [0.4, 0.5) is 11.4 Å². The van der Waals surface area contributed by atoms with E-state index in [1.54, 1.807) is 0 Å². The van der Waals surface area contributed by atoms with Crippen LogP contribution >= 0.6 is 23.8 Å². The van der Waals surface area contributed by atoms with Gasteiger partial charge in [-0.05, 0) is 43.5 Å². The Morgan fingerprint density at radius 2 is 1.84 bits per heavy atom. The molecular formula is C17H19ClN4O2S. The van der Waals surface area contributed by atoms with Gasteiger partial charge in [0.1, 0.15) is 0 Å². The van der Waals surface area contributed by atoms with Crippen molar-refractivity contribution in [3.63, 3.8) is 0 Å². The first-order valence-electron chi connectivity index (χ1n) is 7.56. The number of halogens is 1. The zero-order chi connectivity index (χ0) is 18.4. The maximum absolute atomic E-state index is 10.8. The fourth-order valence-corrected chi connectivity index (χ4v) is 2.55. The summed E-state index contributed by atoms with van der Waals surface area (Å²) in [5.74, 6) is 0. The first-order chi connectivity index (χ1) is 11.8. The van der Waals surface area contributed by atoms with Crippen molar-refractivity contribution in [1.82, 2.24) is 10.2 Å². The molecule has 2 rings (SSSR count). The number of nitro groups is 1. The lowest BCUT2D eigenvalue weighted by molar-refractivity contribution is -0.384. The summed E-state index contributed by atoms with van der Waals surface area (Å²) < 4.78 is 0. The molecule has 2 N–H and O–H groups in total. The van der Waals surface area contributed by atoms with Crippen molar-refractivity contribution < 1.29 is 4.92 Å². The Morgan fingerprint density at radius 3 is 2.44 bits per heavy atom. The van der Waals surface area contributed by atoms with Crippen LogP contribution in [0.1, 0.15) is 11.1 Å². The monoisotopic (exact) mass is 378 g/mol. The van der Waals surface area contributed by atoms with E-state index in [2.05, 4.69) is 27.7 Å². The zero-order valence-electron chi connectivity index (χ0n) is 14.0. The Kier molecular flexibility index (Phi) is 6.69. The first kappa shape index (κ1) is 19.1. The minimum absolute atomic E-state index is 0.0498. The Balaban J connectivity index is 1.92. The van der Waals surface area contributed by atoms with Gasteiger partial charge in [0.05, 0.1) is 15.6 Å². The average Bonchev–Trinajstić information content (AvgIpc) is 2.55. The van der Waals surface area contributed by atoms with Gasteiger partial charge in [-0.25, -0.2) is 0 Å². The van der Waals surface area contributed by atoms with Crippen LogP contribution in [0.3, 0.4) is 0 Å². The van der Waals surface area contributed by atoms with Crippen molar-refractivity contribution in [3.05, 3.63) is 68.7 Å². The van der Waals surface area contributed by atoms with Gasteiger partial charge in [-0.1, -0.05) is 35.9 Å². The van der Waals surface area contributed by atoms with Crippen molar-refractivity contribution in [2.24, 2.45) is 0 Å². The number of hydrogen-bond donors (Lipinski definition) is 2. The molecule has 0 saturated carbocycles. The largest absolute Gasteiger partial charge is 0.358 e. The number of benzene rings is 2. The minimum atomic E-state index is -0.479. The molecule has 2 aromatic rings. The highest BCUT2D eigenvalue weighted by Gasteiger charge is 2.10. The van der Waals surface area contributed by atoms with E-state index in [0.717, 1.165) is 12.1 Å². The molecule has 0 radical (unpaired) electrons. The van der Waals surface area contributed by atoms with Gasteiger partial charge < -0.3 is 15.5 Å². The van der Waals surface area contributed by atoms with Crippen LogP contribution in [-0.4, -0.2) is 29.0 Å². The number of non-ortho nitro benzene ring substituents is 1. The van der Waals surface area contributed by atoms with Gasteiger partial charge in [-0.2, -0.15) is 0 Å². The Hall–Kier alpha value is -2.22. The van der Waals surface area contributed by atoms with E-state index in [1.165, 1.54) is 23.8 Å². The van der Waals surface area contributed by atoms with Gasteiger partial charge in [0.15, 0.2) is 5.11 Å². The fraction of sp³-hybridized carbons (Fsp3) is 0.235. The predicted molar refractivity (Wildman–Crippen MR) is 105 cm³/mol. The second-order valence-corrected chi connectivity index (χ2v) is 6.60. The molecule has 0 aliphatic carbocycles. The van der Waals surface area contributed by atoms with Crippen LogP contribution < -0.4 is 10.6 Å². The van der Waals surface area contributed by atoms with Crippen molar-refractivity contribution >= 4 is 40.3 Å². The predicted octanol–water partition coefficient (Wildman–Crippen LogP) is 3.80. The maximum atomic E-state index is 10.8. The summed E-state index contributed by atoms with van der Waals surface area (Å²) in [7, 11) is 4.05. The molecule has 0 unspecified atom stereocenters. The first-order valence-corrected chi connectivity index (χ1v) is 8.35. The van der Waals surface area contributed by atoms with Crippen molar-refractivity contribution in [1.29, 1.82) is 0 Å². The van der Waals surface area contributed by atoms with Gasteiger partial charge in [0.2, 0.25) is 0 Å². The van der Waals surface area contributed by atoms with Crippen LogP contribution in [0.25, 0.3) is 0 Å². The smallest absolute Gasteiger partial charge is 0.271 e. The third kappa shape index (κ3) is 5.97. The van der Waals surface area contributed by atoms with Gasteiger partial charge in [0, 0.05) is 25.2 Å². The molecule has 0 aliphatic rings. The lowest BCUT2D eigenvalue weighted by Crippen LogP contribution is -2.28. The molecule has 0 atom stereocenters. The summed E-state index contributed by atoms with van der Waals surface area (Å²) >= 11 is 11.3. The maximum Gasteiger partial charge on any atom is 0.271 e. The molecular weight excluding hydrogens is 360 g/mol. The molecule has 0 aliphatic heterocycles. The van der Waals surface area contributed by atoms with Crippen LogP contribution in [0.2, 0.25) is 5.02 Å². The number of hydrogen-bond acceptors (Lipinski definition) is 4. The second kappa shape index (κ2) is 8.75. The Labute approximate surface area is 156 Å². The normalized spacial score (nSPS) is 10.6. The number of nitro benzene ring substituents is 1. The van der Waals surface area contributed by atoms with E-state index in [4.69, 9.17) is 23.8 Å². The highest BCUT2D eigenvalue weighted by Crippen LogP contribution is 2.26. The van der Waals surface area contributed by atoms with Crippen LogP contribution in [0.15, 0.2) is 42.5 Å².